The highest BCUT2D eigenvalue weighted by molar-refractivity contribution is 6.31. The molecule has 3 unspecified atom stereocenters. The number of ether oxygens (including phenoxy) is 3. The standard InChI is InChI=1S/C15H18Cl2F13NO3/c1-8(32-4,6-5-7-31(2)3)9(18,19)14(27,28)33-10(20,13(24,25)26)15(29,30)34-12(17,23)11(16,21)22/h5-7H2,1-4H3. The number of alkyl halides is 15. The van der Waals surface area contributed by atoms with E-state index in [1.807, 2.05) is 0 Å². The fraction of sp³-hybridized carbons (Fsp3) is 1.00. The van der Waals surface area contributed by atoms with Crippen molar-refractivity contribution in [1.82, 2.24) is 4.90 Å². The van der Waals surface area contributed by atoms with Crippen LogP contribution in [0.3, 0.4) is 0 Å². The van der Waals surface area contributed by atoms with E-state index >= 15 is 0 Å². The lowest BCUT2D eigenvalue weighted by atomic mass is 9.90. The number of halogens is 15. The van der Waals surface area contributed by atoms with Crippen LogP contribution in [0.5, 0.6) is 0 Å². The molecule has 0 aromatic heterocycles. The highest BCUT2D eigenvalue weighted by Crippen LogP contribution is 2.57. The Bertz CT molecular complexity index is 687. The van der Waals surface area contributed by atoms with Gasteiger partial charge < -0.3 is 9.64 Å². The Morgan fingerprint density at radius 1 is 0.735 bits per heavy atom. The van der Waals surface area contributed by atoms with Gasteiger partial charge in [0.2, 0.25) is 0 Å². The quantitative estimate of drug-likeness (QED) is 0.184. The second-order valence-corrected chi connectivity index (χ2v) is 8.22. The maximum Gasteiger partial charge on any atom is 0.458 e. The average molecular weight is 578 g/mol. The Morgan fingerprint density at radius 2 is 1.18 bits per heavy atom. The topological polar surface area (TPSA) is 30.9 Å². The van der Waals surface area contributed by atoms with Gasteiger partial charge in [0.05, 0.1) is 0 Å². The minimum Gasteiger partial charge on any atom is -0.372 e. The van der Waals surface area contributed by atoms with Crippen molar-refractivity contribution in [3.8, 4) is 0 Å². The Morgan fingerprint density at radius 3 is 1.50 bits per heavy atom. The van der Waals surface area contributed by atoms with Gasteiger partial charge in [0.25, 0.3) is 0 Å². The molecule has 0 aliphatic rings. The smallest absolute Gasteiger partial charge is 0.372 e. The van der Waals surface area contributed by atoms with Crippen LogP contribution in [-0.2, 0) is 14.2 Å². The number of nitrogens with zero attached hydrogens (tertiary/aromatic N) is 1. The van der Waals surface area contributed by atoms with Crippen molar-refractivity contribution in [3.63, 3.8) is 0 Å². The number of hydrogen-bond donors (Lipinski definition) is 0. The molecule has 0 amide bonds. The zero-order valence-electron chi connectivity index (χ0n) is 17.5. The van der Waals surface area contributed by atoms with Crippen LogP contribution in [-0.4, -0.2) is 79.1 Å². The van der Waals surface area contributed by atoms with Crippen molar-refractivity contribution >= 4 is 23.2 Å². The third-order valence-corrected chi connectivity index (χ3v) is 4.99. The van der Waals surface area contributed by atoms with Crippen LogP contribution in [0.25, 0.3) is 0 Å². The largest absolute Gasteiger partial charge is 0.458 e. The molecule has 19 heteroatoms. The lowest BCUT2D eigenvalue weighted by Crippen LogP contribution is -2.68. The van der Waals surface area contributed by atoms with Gasteiger partial charge >= 0.3 is 40.9 Å². The van der Waals surface area contributed by atoms with Gasteiger partial charge in [-0.15, -0.1) is 0 Å². The third-order valence-electron chi connectivity index (χ3n) is 4.33. The van der Waals surface area contributed by atoms with Crippen LogP contribution in [0, 0.1) is 0 Å². The van der Waals surface area contributed by atoms with Crippen molar-refractivity contribution in [3.05, 3.63) is 0 Å². The molecule has 0 radical (unpaired) electrons. The Hall–Kier alpha value is -0.490. The van der Waals surface area contributed by atoms with Crippen LogP contribution in [0.1, 0.15) is 19.8 Å². The summed E-state index contributed by atoms with van der Waals surface area (Å²) in [6.07, 6.45) is -22.9. The van der Waals surface area contributed by atoms with Gasteiger partial charge in [0.1, 0.15) is 5.60 Å². The molecule has 0 aliphatic heterocycles. The molecule has 0 aliphatic carbocycles. The van der Waals surface area contributed by atoms with Crippen LogP contribution >= 0.6 is 23.2 Å². The minimum absolute atomic E-state index is 0.0517. The Labute approximate surface area is 194 Å². The summed E-state index contributed by atoms with van der Waals surface area (Å²) < 4.78 is 186. The summed E-state index contributed by atoms with van der Waals surface area (Å²) in [6, 6.07) is 0. The number of rotatable bonds is 13. The van der Waals surface area contributed by atoms with Gasteiger partial charge in [-0.05, 0) is 63.6 Å². The molecular formula is C15H18Cl2F13NO3. The lowest BCUT2D eigenvalue weighted by molar-refractivity contribution is -0.537. The van der Waals surface area contributed by atoms with Crippen molar-refractivity contribution in [2.45, 2.75) is 66.2 Å². The van der Waals surface area contributed by atoms with E-state index in [1.165, 1.54) is 19.0 Å². The summed E-state index contributed by atoms with van der Waals surface area (Å²) in [5.41, 5.74) is -3.45. The third kappa shape index (κ3) is 6.63. The fourth-order valence-electron chi connectivity index (χ4n) is 2.24. The summed E-state index contributed by atoms with van der Waals surface area (Å²) in [5.74, 6) is -13.3. The van der Waals surface area contributed by atoms with Gasteiger partial charge in [0.15, 0.2) is 0 Å². The Balaban J connectivity index is 6.43. The van der Waals surface area contributed by atoms with Gasteiger partial charge in [-0.1, -0.05) is 0 Å². The van der Waals surface area contributed by atoms with Gasteiger partial charge in [-0.3, -0.25) is 9.47 Å². The fourth-order valence-corrected chi connectivity index (χ4v) is 2.37. The molecule has 0 rings (SSSR count). The van der Waals surface area contributed by atoms with Crippen molar-refractivity contribution in [2.24, 2.45) is 0 Å². The summed E-state index contributed by atoms with van der Waals surface area (Å²) in [4.78, 5) is 1.37. The predicted molar refractivity (Wildman–Crippen MR) is 90.6 cm³/mol. The first kappa shape index (κ1) is 33.5. The first-order valence-corrected chi connectivity index (χ1v) is 9.33. The maximum atomic E-state index is 14.5. The molecule has 0 aromatic carbocycles. The summed E-state index contributed by atoms with van der Waals surface area (Å²) in [6.45, 7) is 0.172. The van der Waals surface area contributed by atoms with Crippen LogP contribution in [0.4, 0.5) is 57.1 Å². The van der Waals surface area contributed by atoms with Crippen LogP contribution < -0.4 is 0 Å². The van der Waals surface area contributed by atoms with Crippen LogP contribution in [0.2, 0.25) is 0 Å². The average Bonchev–Trinajstić information content (AvgIpc) is 2.57. The second kappa shape index (κ2) is 10.1. The molecule has 206 valence electrons. The van der Waals surface area contributed by atoms with Gasteiger partial charge in [-0.2, -0.15) is 57.1 Å². The monoisotopic (exact) mass is 577 g/mol. The molecule has 0 bridgehead atoms. The number of hydrogen-bond acceptors (Lipinski definition) is 4. The van der Waals surface area contributed by atoms with E-state index in [-0.39, 0.29) is 19.9 Å². The second-order valence-electron chi connectivity index (χ2n) is 7.26. The summed E-state index contributed by atoms with van der Waals surface area (Å²) >= 11 is 8.01. The highest BCUT2D eigenvalue weighted by atomic mass is 35.5. The molecule has 0 heterocycles. The SMILES string of the molecule is COC(C)(CCCN(C)C)C(F)(F)C(F)(F)OC(F)(C(F)(F)F)C(F)(F)OC(F)(Cl)C(F)(F)Cl. The number of methoxy groups -OCH3 is 1. The van der Waals surface area contributed by atoms with E-state index in [2.05, 4.69) is 37.4 Å². The summed E-state index contributed by atoms with van der Waals surface area (Å²) in [5, 5.41) is -11.6. The molecule has 0 fully saturated rings. The summed E-state index contributed by atoms with van der Waals surface area (Å²) in [7, 11) is 3.25. The van der Waals surface area contributed by atoms with Crippen molar-refractivity contribution < 1.29 is 71.3 Å². The maximum absolute atomic E-state index is 14.5. The molecule has 0 saturated carbocycles. The minimum atomic E-state index is -7.42. The molecule has 34 heavy (non-hydrogen) atoms. The van der Waals surface area contributed by atoms with Gasteiger partial charge in [-0.25, -0.2) is 0 Å². The van der Waals surface area contributed by atoms with Crippen molar-refractivity contribution in [1.29, 1.82) is 0 Å². The normalized spacial score (nSPS) is 20.1. The molecule has 0 spiro atoms. The molecule has 3 atom stereocenters. The van der Waals surface area contributed by atoms with E-state index in [9.17, 15) is 57.1 Å². The van der Waals surface area contributed by atoms with E-state index in [4.69, 9.17) is 0 Å². The zero-order valence-corrected chi connectivity index (χ0v) is 19.0. The lowest BCUT2D eigenvalue weighted by Gasteiger charge is -2.43. The molecule has 0 aromatic rings. The first-order chi connectivity index (χ1) is 14.6. The molecule has 4 nitrogen and oxygen atoms in total. The van der Waals surface area contributed by atoms with E-state index in [0.29, 0.717) is 7.11 Å². The van der Waals surface area contributed by atoms with E-state index in [0.717, 1.165) is 0 Å². The molecule has 0 saturated heterocycles. The Kier molecular flexibility index (Phi) is 9.96. The highest BCUT2D eigenvalue weighted by Gasteiger charge is 2.83. The van der Waals surface area contributed by atoms with Gasteiger partial charge in [0, 0.05) is 7.11 Å². The molecular weight excluding hydrogens is 560 g/mol. The molecule has 0 N–H and O–H groups in total. The predicted octanol–water partition coefficient (Wildman–Crippen LogP) is 6.51. The van der Waals surface area contributed by atoms with E-state index in [1.54, 1.807) is 0 Å². The zero-order chi connectivity index (χ0) is 27.8. The van der Waals surface area contributed by atoms with Crippen molar-refractivity contribution in [2.75, 3.05) is 27.7 Å². The van der Waals surface area contributed by atoms with Crippen LogP contribution in [0.15, 0.2) is 0 Å². The first-order valence-electron chi connectivity index (χ1n) is 8.58. The van der Waals surface area contributed by atoms with E-state index < -0.39 is 52.9 Å².